The lowest BCUT2D eigenvalue weighted by Crippen LogP contribution is -2.31. The molecule has 1 N–H and O–H groups in total. The summed E-state index contributed by atoms with van der Waals surface area (Å²) in [5.41, 5.74) is 1.06. The van der Waals surface area contributed by atoms with Crippen LogP contribution in [0.2, 0.25) is 0 Å². The quantitative estimate of drug-likeness (QED) is 0.745. The minimum Gasteiger partial charge on any atom is -0.371 e. The van der Waals surface area contributed by atoms with E-state index in [4.69, 9.17) is 0 Å². The molecule has 1 aromatic heterocycles. The van der Waals surface area contributed by atoms with Crippen LogP contribution < -0.4 is 10.2 Å². The van der Waals surface area contributed by atoms with Gasteiger partial charge in [-0.1, -0.05) is 0 Å². The lowest BCUT2D eigenvalue weighted by atomic mass is 10.2. The SMILES string of the molecule is CCN(CCNCc1cc(Br)cs1)c1ccc(F)cc1. The Balaban J connectivity index is 1.77. The van der Waals surface area contributed by atoms with Gasteiger partial charge in [0.15, 0.2) is 0 Å². The van der Waals surface area contributed by atoms with Gasteiger partial charge in [-0.2, -0.15) is 0 Å². The van der Waals surface area contributed by atoms with Gasteiger partial charge in [0.2, 0.25) is 0 Å². The molecular weight excluding hydrogens is 339 g/mol. The zero-order valence-electron chi connectivity index (χ0n) is 11.4. The molecule has 0 aliphatic rings. The Morgan fingerprint density at radius 1 is 1.30 bits per heavy atom. The molecule has 2 rings (SSSR count). The summed E-state index contributed by atoms with van der Waals surface area (Å²) < 4.78 is 14.1. The molecule has 0 spiro atoms. The molecule has 0 bridgehead atoms. The molecule has 2 nitrogen and oxygen atoms in total. The van der Waals surface area contributed by atoms with Gasteiger partial charge in [-0.05, 0) is 53.2 Å². The van der Waals surface area contributed by atoms with Crippen molar-refractivity contribution >= 4 is 33.0 Å². The second-order valence-electron chi connectivity index (χ2n) is 4.46. The van der Waals surface area contributed by atoms with Gasteiger partial charge in [-0.3, -0.25) is 0 Å². The Hall–Kier alpha value is -0.910. The predicted octanol–water partition coefficient (Wildman–Crippen LogP) is 4.27. The van der Waals surface area contributed by atoms with Gasteiger partial charge in [0.25, 0.3) is 0 Å². The molecule has 0 aliphatic heterocycles. The third-order valence-corrected chi connectivity index (χ3v) is 4.75. The van der Waals surface area contributed by atoms with Gasteiger partial charge >= 0.3 is 0 Å². The number of benzene rings is 1. The number of hydrogen-bond donors (Lipinski definition) is 1. The Morgan fingerprint density at radius 2 is 2.05 bits per heavy atom. The van der Waals surface area contributed by atoms with Crippen LogP contribution in [0.1, 0.15) is 11.8 Å². The van der Waals surface area contributed by atoms with E-state index in [1.165, 1.54) is 17.0 Å². The van der Waals surface area contributed by atoms with E-state index >= 15 is 0 Å². The molecule has 0 fully saturated rings. The van der Waals surface area contributed by atoms with Gasteiger partial charge in [0, 0.05) is 46.6 Å². The first-order valence-corrected chi connectivity index (χ1v) is 8.30. The van der Waals surface area contributed by atoms with E-state index in [1.807, 2.05) is 12.1 Å². The van der Waals surface area contributed by atoms with Crippen LogP contribution >= 0.6 is 27.3 Å². The van der Waals surface area contributed by atoms with E-state index in [1.54, 1.807) is 11.3 Å². The highest BCUT2D eigenvalue weighted by atomic mass is 79.9. The molecule has 0 aliphatic carbocycles. The van der Waals surface area contributed by atoms with Crippen molar-refractivity contribution in [2.24, 2.45) is 0 Å². The van der Waals surface area contributed by atoms with Crippen molar-refractivity contribution in [3.63, 3.8) is 0 Å². The van der Waals surface area contributed by atoms with Crippen LogP contribution in [-0.4, -0.2) is 19.6 Å². The normalized spacial score (nSPS) is 10.8. The largest absolute Gasteiger partial charge is 0.371 e. The molecule has 0 radical (unpaired) electrons. The van der Waals surface area contributed by atoms with Gasteiger partial charge in [0.1, 0.15) is 5.82 Å². The predicted molar refractivity (Wildman–Crippen MR) is 88.0 cm³/mol. The molecule has 0 amide bonds. The summed E-state index contributed by atoms with van der Waals surface area (Å²) in [7, 11) is 0. The average molecular weight is 357 g/mol. The Morgan fingerprint density at radius 3 is 2.65 bits per heavy atom. The first-order chi connectivity index (χ1) is 9.69. The molecule has 0 atom stereocenters. The minimum atomic E-state index is -0.189. The highest BCUT2D eigenvalue weighted by Crippen LogP contribution is 2.19. The lowest BCUT2D eigenvalue weighted by Gasteiger charge is -2.23. The van der Waals surface area contributed by atoms with Crippen molar-refractivity contribution < 1.29 is 4.39 Å². The Kier molecular flexibility index (Phi) is 6.01. The maximum atomic E-state index is 12.9. The van der Waals surface area contributed by atoms with Crippen molar-refractivity contribution in [2.75, 3.05) is 24.5 Å². The molecule has 0 saturated heterocycles. The van der Waals surface area contributed by atoms with Crippen molar-refractivity contribution in [2.45, 2.75) is 13.5 Å². The van der Waals surface area contributed by atoms with E-state index < -0.39 is 0 Å². The third kappa shape index (κ3) is 4.58. The third-order valence-electron chi connectivity index (χ3n) is 3.05. The van der Waals surface area contributed by atoms with E-state index in [0.29, 0.717) is 0 Å². The van der Waals surface area contributed by atoms with Gasteiger partial charge in [-0.25, -0.2) is 4.39 Å². The smallest absolute Gasteiger partial charge is 0.123 e. The van der Waals surface area contributed by atoms with Crippen LogP contribution in [0.3, 0.4) is 0 Å². The molecule has 5 heteroatoms. The van der Waals surface area contributed by atoms with E-state index in [9.17, 15) is 4.39 Å². The number of hydrogen-bond acceptors (Lipinski definition) is 3. The van der Waals surface area contributed by atoms with Crippen molar-refractivity contribution in [1.29, 1.82) is 0 Å². The van der Waals surface area contributed by atoms with Crippen LogP contribution in [0.5, 0.6) is 0 Å². The standard InChI is InChI=1S/C15H18BrFN2S/c1-2-19(14-5-3-13(17)4-6-14)8-7-18-10-15-9-12(16)11-20-15/h3-6,9,11,18H,2,7-8,10H2,1H3. The van der Waals surface area contributed by atoms with E-state index in [0.717, 1.165) is 36.3 Å². The first kappa shape index (κ1) is 15.5. The van der Waals surface area contributed by atoms with Crippen LogP contribution in [-0.2, 0) is 6.54 Å². The maximum Gasteiger partial charge on any atom is 0.123 e. The van der Waals surface area contributed by atoms with E-state index in [-0.39, 0.29) is 5.82 Å². The number of nitrogens with zero attached hydrogens (tertiary/aromatic N) is 1. The second kappa shape index (κ2) is 7.76. The molecule has 0 saturated carbocycles. The lowest BCUT2D eigenvalue weighted by molar-refractivity contribution is 0.626. The molecule has 108 valence electrons. The number of rotatable bonds is 7. The minimum absolute atomic E-state index is 0.189. The van der Waals surface area contributed by atoms with Gasteiger partial charge in [0.05, 0.1) is 0 Å². The van der Waals surface area contributed by atoms with Crippen LogP contribution in [0.15, 0.2) is 40.2 Å². The topological polar surface area (TPSA) is 15.3 Å². The Labute approximate surface area is 131 Å². The molecule has 1 heterocycles. The average Bonchev–Trinajstić information content (AvgIpc) is 2.86. The zero-order chi connectivity index (χ0) is 14.4. The summed E-state index contributed by atoms with van der Waals surface area (Å²) in [5.74, 6) is -0.189. The summed E-state index contributed by atoms with van der Waals surface area (Å²) in [6.45, 7) is 5.73. The van der Waals surface area contributed by atoms with Crippen LogP contribution in [0.4, 0.5) is 10.1 Å². The monoisotopic (exact) mass is 356 g/mol. The first-order valence-electron chi connectivity index (χ1n) is 6.63. The fourth-order valence-corrected chi connectivity index (χ4v) is 3.41. The summed E-state index contributed by atoms with van der Waals surface area (Å²) in [6, 6.07) is 8.81. The summed E-state index contributed by atoms with van der Waals surface area (Å²) in [4.78, 5) is 3.55. The number of nitrogens with one attached hydrogen (secondary N) is 1. The molecular formula is C15H18BrFN2S. The van der Waals surface area contributed by atoms with Gasteiger partial charge in [-0.15, -0.1) is 11.3 Å². The fraction of sp³-hybridized carbons (Fsp3) is 0.333. The van der Waals surface area contributed by atoms with E-state index in [2.05, 4.69) is 44.5 Å². The number of thiophene rings is 1. The second-order valence-corrected chi connectivity index (χ2v) is 6.38. The molecule has 1 aromatic carbocycles. The summed E-state index contributed by atoms with van der Waals surface area (Å²) in [5, 5.41) is 5.53. The zero-order valence-corrected chi connectivity index (χ0v) is 13.8. The maximum absolute atomic E-state index is 12.9. The summed E-state index contributed by atoms with van der Waals surface area (Å²) >= 11 is 5.20. The number of likely N-dealkylation sites (N-methyl/N-ethyl adjacent to an activating group) is 1. The highest BCUT2D eigenvalue weighted by Gasteiger charge is 2.04. The van der Waals surface area contributed by atoms with Crippen molar-refractivity contribution in [3.05, 3.63) is 50.9 Å². The number of halogens is 2. The van der Waals surface area contributed by atoms with Crippen LogP contribution in [0, 0.1) is 5.82 Å². The molecule has 0 unspecified atom stereocenters. The van der Waals surface area contributed by atoms with Crippen molar-refractivity contribution in [1.82, 2.24) is 5.32 Å². The fourth-order valence-electron chi connectivity index (χ4n) is 1.99. The highest BCUT2D eigenvalue weighted by molar-refractivity contribution is 9.10. The Bertz CT molecular complexity index is 527. The summed E-state index contributed by atoms with van der Waals surface area (Å²) in [6.07, 6.45) is 0. The molecule has 2 aromatic rings. The van der Waals surface area contributed by atoms with Crippen molar-refractivity contribution in [3.8, 4) is 0 Å². The van der Waals surface area contributed by atoms with Crippen LogP contribution in [0.25, 0.3) is 0 Å². The van der Waals surface area contributed by atoms with Gasteiger partial charge < -0.3 is 10.2 Å². The number of anilines is 1. The molecule has 20 heavy (non-hydrogen) atoms.